The molecule has 0 bridgehead atoms. The molecule has 1 atom stereocenters. The van der Waals surface area contributed by atoms with Crippen molar-refractivity contribution in [3.05, 3.63) is 0 Å². The summed E-state index contributed by atoms with van der Waals surface area (Å²) in [7, 11) is 0. The van der Waals surface area contributed by atoms with E-state index in [2.05, 4.69) is 4.99 Å². The van der Waals surface area contributed by atoms with Gasteiger partial charge < -0.3 is 0 Å². The third kappa shape index (κ3) is 2.78. The first-order valence-electron chi connectivity index (χ1n) is 2.39. The highest BCUT2D eigenvalue weighted by atomic mass is 35.5. The van der Waals surface area contributed by atoms with Crippen LogP contribution in [0.5, 0.6) is 0 Å². The van der Waals surface area contributed by atoms with E-state index < -0.39 is 5.50 Å². The van der Waals surface area contributed by atoms with Gasteiger partial charge in [-0.15, -0.1) is 0 Å². The zero-order valence-electron chi connectivity index (χ0n) is 4.89. The molecule has 0 rings (SSSR count). The Labute approximate surface area is 53.6 Å². The van der Waals surface area contributed by atoms with E-state index in [1.165, 1.54) is 6.08 Å². The molecule has 8 heavy (non-hydrogen) atoms. The van der Waals surface area contributed by atoms with Crippen LogP contribution in [0.2, 0.25) is 0 Å². The number of rotatable bonds is 2. The normalized spacial score (nSPS) is 13.0. The first-order valence-corrected chi connectivity index (χ1v) is 2.83. The smallest absolute Gasteiger partial charge is 0.211 e. The lowest BCUT2D eigenvalue weighted by molar-refractivity contribution is 0.552. The third-order valence-corrected chi connectivity index (χ3v) is 1.33. The number of alkyl halides is 1. The molecule has 0 fully saturated rings. The van der Waals surface area contributed by atoms with Crippen molar-refractivity contribution < 1.29 is 4.79 Å². The Morgan fingerprint density at radius 3 is 2.25 bits per heavy atom. The zero-order chi connectivity index (χ0) is 6.57. The van der Waals surface area contributed by atoms with Crippen molar-refractivity contribution in [2.24, 2.45) is 10.9 Å². The van der Waals surface area contributed by atoms with Crippen LogP contribution in [0.25, 0.3) is 0 Å². The average Bonchev–Trinajstić information content (AvgIpc) is 1.67. The highest BCUT2D eigenvalue weighted by molar-refractivity contribution is 6.20. The van der Waals surface area contributed by atoms with Crippen molar-refractivity contribution in [3.8, 4) is 0 Å². The lowest BCUT2D eigenvalue weighted by Gasteiger charge is -2.02. The van der Waals surface area contributed by atoms with Crippen molar-refractivity contribution in [2.75, 3.05) is 0 Å². The number of isocyanates is 1. The summed E-state index contributed by atoms with van der Waals surface area (Å²) in [5.41, 5.74) is -0.410. The van der Waals surface area contributed by atoms with Crippen molar-refractivity contribution in [1.29, 1.82) is 0 Å². The predicted octanol–water partition coefficient (Wildman–Crippen LogP) is 1.54. The van der Waals surface area contributed by atoms with Crippen LogP contribution in [0.15, 0.2) is 4.99 Å². The van der Waals surface area contributed by atoms with Gasteiger partial charge in [-0.05, 0) is 5.92 Å². The fourth-order valence-corrected chi connectivity index (χ4v) is 0.239. The van der Waals surface area contributed by atoms with Gasteiger partial charge in [0.2, 0.25) is 6.08 Å². The minimum absolute atomic E-state index is 0.207. The van der Waals surface area contributed by atoms with E-state index in [0.717, 1.165) is 0 Å². The molecule has 1 unspecified atom stereocenters. The van der Waals surface area contributed by atoms with E-state index >= 15 is 0 Å². The molecular weight excluding hydrogens is 126 g/mol. The summed E-state index contributed by atoms with van der Waals surface area (Å²) in [6.07, 6.45) is 1.39. The third-order valence-electron chi connectivity index (χ3n) is 0.726. The summed E-state index contributed by atoms with van der Waals surface area (Å²) in [5, 5.41) is 0. The van der Waals surface area contributed by atoms with E-state index in [1.807, 2.05) is 13.8 Å². The van der Waals surface area contributed by atoms with Gasteiger partial charge in [-0.25, -0.2) is 4.79 Å². The number of carbonyl (C=O) groups excluding carboxylic acids is 1. The van der Waals surface area contributed by atoms with Gasteiger partial charge >= 0.3 is 0 Å². The Bertz CT molecular complexity index is 107. The maximum atomic E-state index is 9.54. The molecule has 0 heterocycles. The summed E-state index contributed by atoms with van der Waals surface area (Å²) in [4.78, 5) is 12.8. The van der Waals surface area contributed by atoms with E-state index in [1.54, 1.807) is 0 Å². The Morgan fingerprint density at radius 2 is 2.12 bits per heavy atom. The molecule has 0 N–H and O–H groups in total. The van der Waals surface area contributed by atoms with Crippen LogP contribution in [-0.4, -0.2) is 11.6 Å². The molecule has 0 aromatic heterocycles. The van der Waals surface area contributed by atoms with Gasteiger partial charge in [-0.3, -0.25) is 0 Å². The molecule has 0 aliphatic carbocycles. The quantitative estimate of drug-likeness (QED) is 0.243. The topological polar surface area (TPSA) is 29.4 Å². The molecule has 0 aromatic carbocycles. The molecule has 46 valence electrons. The van der Waals surface area contributed by atoms with Gasteiger partial charge in [0.1, 0.15) is 5.50 Å². The first-order chi connectivity index (χ1) is 3.68. The molecule has 0 aromatic rings. The Kier molecular flexibility index (Phi) is 3.49. The van der Waals surface area contributed by atoms with E-state index in [4.69, 9.17) is 11.6 Å². The standard InChI is InChI=1S/C5H8ClNO/c1-4(2)5(6)7-3-8/h4-5H,1-2H3. The van der Waals surface area contributed by atoms with Crippen LogP contribution in [0, 0.1) is 5.92 Å². The fraction of sp³-hybridized carbons (Fsp3) is 0.800. The summed E-state index contributed by atoms with van der Waals surface area (Å²) in [6, 6.07) is 0. The molecule has 0 amide bonds. The van der Waals surface area contributed by atoms with Crippen molar-refractivity contribution >= 4 is 17.7 Å². The van der Waals surface area contributed by atoms with Crippen LogP contribution < -0.4 is 0 Å². The van der Waals surface area contributed by atoms with Crippen molar-refractivity contribution in [2.45, 2.75) is 19.3 Å². The monoisotopic (exact) mass is 133 g/mol. The summed E-state index contributed by atoms with van der Waals surface area (Å²) in [6.45, 7) is 3.77. The second kappa shape index (κ2) is 3.65. The van der Waals surface area contributed by atoms with Gasteiger partial charge in [0.25, 0.3) is 0 Å². The highest BCUT2D eigenvalue weighted by Crippen LogP contribution is 2.08. The van der Waals surface area contributed by atoms with E-state index in [9.17, 15) is 4.79 Å². The molecule has 0 saturated carbocycles. The summed E-state index contributed by atoms with van der Waals surface area (Å²) in [5.74, 6) is 0.207. The number of halogens is 1. The lowest BCUT2D eigenvalue weighted by Crippen LogP contribution is -2.02. The SMILES string of the molecule is CC(C)C(Cl)N=C=O. The number of hydrogen-bond donors (Lipinski definition) is 0. The maximum Gasteiger partial charge on any atom is 0.236 e. The maximum absolute atomic E-state index is 9.54. The molecule has 0 saturated heterocycles. The molecule has 0 aliphatic rings. The van der Waals surface area contributed by atoms with Gasteiger partial charge in [0, 0.05) is 0 Å². The summed E-state index contributed by atoms with van der Waals surface area (Å²) < 4.78 is 0. The van der Waals surface area contributed by atoms with Gasteiger partial charge in [0.15, 0.2) is 0 Å². The molecule has 0 spiro atoms. The van der Waals surface area contributed by atoms with Crippen molar-refractivity contribution in [1.82, 2.24) is 0 Å². The fourth-order valence-electron chi connectivity index (χ4n) is 0.199. The van der Waals surface area contributed by atoms with Gasteiger partial charge in [-0.2, -0.15) is 4.99 Å². The molecule has 0 radical (unpaired) electrons. The Hall–Kier alpha value is -0.330. The minimum Gasteiger partial charge on any atom is -0.211 e. The molecule has 2 nitrogen and oxygen atoms in total. The largest absolute Gasteiger partial charge is 0.236 e. The van der Waals surface area contributed by atoms with Gasteiger partial charge in [0.05, 0.1) is 0 Å². The molecule has 3 heteroatoms. The minimum atomic E-state index is -0.410. The number of aliphatic imine (C=N–C) groups is 1. The number of nitrogens with zero attached hydrogens (tertiary/aromatic N) is 1. The van der Waals surface area contributed by atoms with Crippen molar-refractivity contribution in [3.63, 3.8) is 0 Å². The molecular formula is C5H8ClNO. The van der Waals surface area contributed by atoms with E-state index in [-0.39, 0.29) is 5.92 Å². The van der Waals surface area contributed by atoms with E-state index in [0.29, 0.717) is 0 Å². The van der Waals surface area contributed by atoms with Crippen LogP contribution in [0.1, 0.15) is 13.8 Å². The zero-order valence-corrected chi connectivity index (χ0v) is 5.64. The van der Waals surface area contributed by atoms with Crippen LogP contribution >= 0.6 is 11.6 Å². The second-order valence-corrected chi connectivity index (χ2v) is 2.28. The predicted molar refractivity (Wildman–Crippen MR) is 32.6 cm³/mol. The second-order valence-electron chi connectivity index (χ2n) is 1.84. The number of hydrogen-bond acceptors (Lipinski definition) is 2. The highest BCUT2D eigenvalue weighted by Gasteiger charge is 2.04. The lowest BCUT2D eigenvalue weighted by atomic mass is 10.2. The van der Waals surface area contributed by atoms with Crippen LogP contribution in [-0.2, 0) is 4.79 Å². The first kappa shape index (κ1) is 7.67. The molecule has 0 aliphatic heterocycles. The van der Waals surface area contributed by atoms with Crippen LogP contribution in [0.4, 0.5) is 0 Å². The Balaban J connectivity index is 3.63. The Morgan fingerprint density at radius 1 is 1.62 bits per heavy atom. The van der Waals surface area contributed by atoms with Gasteiger partial charge in [-0.1, -0.05) is 25.4 Å². The average molecular weight is 134 g/mol. The summed E-state index contributed by atoms with van der Waals surface area (Å²) >= 11 is 5.49. The van der Waals surface area contributed by atoms with Crippen LogP contribution in [0.3, 0.4) is 0 Å².